The van der Waals surface area contributed by atoms with Gasteiger partial charge in [0.2, 0.25) is 0 Å². The van der Waals surface area contributed by atoms with Crippen LogP contribution in [-0.2, 0) is 11.4 Å². The number of aliphatic hydroxyl groups is 1. The number of halogens is 1. The van der Waals surface area contributed by atoms with Gasteiger partial charge in [0.1, 0.15) is 11.3 Å². The maximum absolute atomic E-state index is 12.6. The molecule has 0 aliphatic carbocycles. The highest BCUT2D eigenvalue weighted by Gasteiger charge is 2.38. The average molecular weight is 361 g/mol. The molecule has 0 atom stereocenters. The molecule has 1 aliphatic rings. The number of amides is 1. The molecule has 2 N–H and O–H groups in total. The van der Waals surface area contributed by atoms with Crippen LogP contribution in [0.1, 0.15) is 19.4 Å². The molecule has 6 heteroatoms. The van der Waals surface area contributed by atoms with E-state index >= 15 is 0 Å². The second-order valence-corrected chi connectivity index (χ2v) is 7.04. The van der Waals surface area contributed by atoms with E-state index in [2.05, 4.69) is 5.32 Å². The lowest BCUT2D eigenvalue weighted by molar-refractivity contribution is -0.121. The zero-order valence-electron chi connectivity index (χ0n) is 14.7. The van der Waals surface area contributed by atoms with E-state index in [4.69, 9.17) is 16.3 Å². The van der Waals surface area contributed by atoms with E-state index in [0.29, 0.717) is 22.0 Å². The first-order chi connectivity index (χ1) is 11.8. The van der Waals surface area contributed by atoms with Gasteiger partial charge in [0.15, 0.2) is 0 Å². The second-order valence-electron chi connectivity index (χ2n) is 6.60. The zero-order chi connectivity index (χ0) is 18.4. The Hall–Kier alpha value is -2.24. The van der Waals surface area contributed by atoms with Gasteiger partial charge in [-0.2, -0.15) is 0 Å². The first kappa shape index (κ1) is 17.6. The first-order valence-electron chi connectivity index (χ1n) is 7.97. The highest BCUT2D eigenvalue weighted by atomic mass is 35.5. The second kappa shape index (κ2) is 6.24. The van der Waals surface area contributed by atoms with Crippen molar-refractivity contribution in [3.63, 3.8) is 0 Å². The van der Waals surface area contributed by atoms with Gasteiger partial charge < -0.3 is 20.1 Å². The number of likely N-dealkylation sites (N-methyl/N-ethyl adjacent to an activating group) is 1. The molecule has 0 spiro atoms. The summed E-state index contributed by atoms with van der Waals surface area (Å²) in [6, 6.07) is 9.15. The molecule has 0 radical (unpaired) electrons. The zero-order valence-corrected chi connectivity index (χ0v) is 15.4. The molecule has 1 heterocycles. The Labute approximate surface area is 152 Å². The number of ether oxygens (including phenoxy) is 1. The number of hydrogen-bond acceptors (Lipinski definition) is 4. The van der Waals surface area contributed by atoms with Crippen LogP contribution in [0.5, 0.6) is 5.75 Å². The van der Waals surface area contributed by atoms with Crippen LogP contribution >= 0.6 is 11.6 Å². The minimum absolute atomic E-state index is 0.0649. The predicted octanol–water partition coefficient (Wildman–Crippen LogP) is 3.67. The standard InChI is InChI=1S/C19H21ClN2O3/c1-19(2)18(24)22(3)17-14(10-23)12(6-7-15(17)21-19)13-9-11(20)5-8-16(13)25-4/h5-9,21,23H,10H2,1-4H3. The minimum Gasteiger partial charge on any atom is -0.496 e. The number of carbonyl (C=O) groups excluding carboxylic acids is 1. The van der Waals surface area contributed by atoms with Gasteiger partial charge in [-0.3, -0.25) is 4.79 Å². The van der Waals surface area contributed by atoms with Crippen LogP contribution in [0, 0.1) is 0 Å². The van der Waals surface area contributed by atoms with E-state index in [9.17, 15) is 9.90 Å². The molecule has 2 aromatic carbocycles. The lowest BCUT2D eigenvalue weighted by atomic mass is 9.92. The summed E-state index contributed by atoms with van der Waals surface area (Å²) in [5.41, 5.74) is 2.97. The molecule has 0 saturated heterocycles. The maximum Gasteiger partial charge on any atom is 0.251 e. The van der Waals surface area contributed by atoms with Crippen molar-refractivity contribution in [1.82, 2.24) is 0 Å². The summed E-state index contributed by atoms with van der Waals surface area (Å²) < 4.78 is 5.44. The van der Waals surface area contributed by atoms with Gasteiger partial charge in [0.05, 0.1) is 25.1 Å². The van der Waals surface area contributed by atoms with Crippen LogP contribution in [0.25, 0.3) is 11.1 Å². The highest BCUT2D eigenvalue weighted by Crippen LogP contribution is 2.44. The number of hydrogen-bond donors (Lipinski definition) is 2. The number of carbonyl (C=O) groups is 1. The third-order valence-corrected chi connectivity index (χ3v) is 4.75. The fourth-order valence-electron chi connectivity index (χ4n) is 3.33. The van der Waals surface area contributed by atoms with Crippen molar-refractivity contribution in [1.29, 1.82) is 0 Å². The molecule has 25 heavy (non-hydrogen) atoms. The summed E-state index contributed by atoms with van der Waals surface area (Å²) >= 11 is 6.16. The Morgan fingerprint density at radius 3 is 2.60 bits per heavy atom. The molecular formula is C19H21ClN2O3. The van der Waals surface area contributed by atoms with Crippen LogP contribution in [-0.4, -0.2) is 30.7 Å². The normalized spacial score (nSPS) is 15.6. The third kappa shape index (κ3) is 2.83. The van der Waals surface area contributed by atoms with Gasteiger partial charge in [-0.05, 0) is 43.7 Å². The summed E-state index contributed by atoms with van der Waals surface area (Å²) in [6.07, 6.45) is 0. The molecule has 5 nitrogen and oxygen atoms in total. The number of nitrogens with zero attached hydrogens (tertiary/aromatic N) is 1. The van der Waals surface area contributed by atoms with Gasteiger partial charge >= 0.3 is 0 Å². The number of methoxy groups -OCH3 is 1. The fourth-order valence-corrected chi connectivity index (χ4v) is 3.51. The Bertz CT molecular complexity index is 849. The smallest absolute Gasteiger partial charge is 0.251 e. The monoisotopic (exact) mass is 360 g/mol. The summed E-state index contributed by atoms with van der Waals surface area (Å²) in [4.78, 5) is 14.2. The van der Waals surface area contributed by atoms with E-state index in [1.54, 1.807) is 37.3 Å². The molecule has 0 fully saturated rings. The summed E-state index contributed by atoms with van der Waals surface area (Å²) in [5.74, 6) is 0.585. The largest absolute Gasteiger partial charge is 0.496 e. The molecular weight excluding hydrogens is 340 g/mol. The number of nitrogens with one attached hydrogen (secondary N) is 1. The van der Waals surface area contributed by atoms with Crippen molar-refractivity contribution in [2.45, 2.75) is 26.0 Å². The van der Waals surface area contributed by atoms with Gasteiger partial charge in [-0.1, -0.05) is 17.7 Å². The molecule has 0 bridgehead atoms. The van der Waals surface area contributed by atoms with Crippen molar-refractivity contribution in [3.8, 4) is 16.9 Å². The molecule has 0 saturated carbocycles. The fraction of sp³-hybridized carbons (Fsp3) is 0.316. The van der Waals surface area contributed by atoms with Crippen LogP contribution in [0.4, 0.5) is 11.4 Å². The minimum atomic E-state index is -0.705. The molecule has 1 aliphatic heterocycles. The van der Waals surface area contributed by atoms with E-state index < -0.39 is 5.54 Å². The summed E-state index contributed by atoms with van der Waals surface area (Å²) in [5, 5.41) is 13.9. The van der Waals surface area contributed by atoms with Crippen LogP contribution < -0.4 is 15.0 Å². The Morgan fingerprint density at radius 2 is 1.96 bits per heavy atom. The Balaban J connectivity index is 2.26. The lowest BCUT2D eigenvalue weighted by Gasteiger charge is -2.39. The summed E-state index contributed by atoms with van der Waals surface area (Å²) in [6.45, 7) is 3.45. The number of aliphatic hydroxyl groups excluding tert-OH is 1. The van der Waals surface area contributed by atoms with E-state index in [-0.39, 0.29) is 12.5 Å². The van der Waals surface area contributed by atoms with Crippen molar-refractivity contribution in [2.75, 3.05) is 24.4 Å². The molecule has 2 aromatic rings. The van der Waals surface area contributed by atoms with Crippen LogP contribution in [0.3, 0.4) is 0 Å². The maximum atomic E-state index is 12.6. The van der Waals surface area contributed by atoms with E-state index in [1.807, 2.05) is 26.0 Å². The molecule has 3 rings (SSSR count). The Kier molecular flexibility index (Phi) is 4.39. The SMILES string of the molecule is COc1ccc(Cl)cc1-c1ccc2c(c1CO)N(C)C(=O)C(C)(C)N2. The van der Waals surface area contributed by atoms with E-state index in [0.717, 1.165) is 16.8 Å². The average Bonchev–Trinajstić information content (AvgIpc) is 2.58. The van der Waals surface area contributed by atoms with Crippen LogP contribution in [0.15, 0.2) is 30.3 Å². The van der Waals surface area contributed by atoms with Crippen LogP contribution in [0.2, 0.25) is 5.02 Å². The summed E-state index contributed by atoms with van der Waals surface area (Å²) in [7, 11) is 3.31. The van der Waals surface area contributed by atoms with Crippen molar-refractivity contribution in [2.24, 2.45) is 0 Å². The molecule has 0 unspecified atom stereocenters. The number of benzene rings is 2. The van der Waals surface area contributed by atoms with Crippen molar-refractivity contribution < 1.29 is 14.6 Å². The van der Waals surface area contributed by atoms with Crippen molar-refractivity contribution >= 4 is 28.9 Å². The van der Waals surface area contributed by atoms with Crippen molar-refractivity contribution in [3.05, 3.63) is 40.9 Å². The number of fused-ring (bicyclic) bond motifs is 1. The quantitative estimate of drug-likeness (QED) is 0.876. The lowest BCUT2D eigenvalue weighted by Crippen LogP contribution is -2.52. The third-order valence-electron chi connectivity index (χ3n) is 4.51. The number of anilines is 2. The van der Waals surface area contributed by atoms with Gasteiger partial charge in [0, 0.05) is 23.2 Å². The van der Waals surface area contributed by atoms with Gasteiger partial charge in [-0.25, -0.2) is 0 Å². The number of rotatable bonds is 3. The Morgan fingerprint density at radius 1 is 1.24 bits per heavy atom. The highest BCUT2D eigenvalue weighted by molar-refractivity contribution is 6.31. The topological polar surface area (TPSA) is 61.8 Å². The molecule has 132 valence electrons. The molecule has 0 aromatic heterocycles. The first-order valence-corrected chi connectivity index (χ1v) is 8.35. The molecule has 1 amide bonds. The predicted molar refractivity (Wildman–Crippen MR) is 100 cm³/mol. The van der Waals surface area contributed by atoms with Gasteiger partial charge in [0.25, 0.3) is 5.91 Å². The van der Waals surface area contributed by atoms with E-state index in [1.165, 1.54) is 0 Å². The van der Waals surface area contributed by atoms with Gasteiger partial charge in [-0.15, -0.1) is 0 Å².